The van der Waals surface area contributed by atoms with E-state index in [0.717, 1.165) is 32.0 Å². The van der Waals surface area contributed by atoms with Gasteiger partial charge in [0.05, 0.1) is 6.10 Å². The molecule has 0 radical (unpaired) electrons. The maximum atomic E-state index is 6.14. The highest BCUT2D eigenvalue weighted by Crippen LogP contribution is 2.17. The second kappa shape index (κ2) is 11.6. The summed E-state index contributed by atoms with van der Waals surface area (Å²) in [4.78, 5) is 9.10. The van der Waals surface area contributed by atoms with E-state index < -0.39 is 0 Å². The van der Waals surface area contributed by atoms with Crippen LogP contribution < -0.4 is 0 Å². The summed E-state index contributed by atoms with van der Waals surface area (Å²) in [5, 5.41) is 0. The van der Waals surface area contributed by atoms with Crippen molar-refractivity contribution in [2.45, 2.75) is 44.2 Å². The number of ether oxygens (including phenoxy) is 1. The summed E-state index contributed by atoms with van der Waals surface area (Å²) in [5.41, 5.74) is 1.43. The Morgan fingerprint density at radius 1 is 1.00 bits per heavy atom. The third-order valence-corrected chi connectivity index (χ3v) is 6.60. The standard InChI is InChI=1S/C23H39N3OS/c1-20(2)17-26-11-9-22(19-26)27-16-4-10-24-12-14-25(15-13-24)18-21-5-7-23(28-3)8-6-21/h5-8,20,22H,4,9-19H2,1-3H3/t22-/m1/s1. The van der Waals surface area contributed by atoms with Crippen molar-refractivity contribution in [1.82, 2.24) is 14.7 Å². The van der Waals surface area contributed by atoms with Crippen molar-refractivity contribution in [2.75, 3.05) is 65.2 Å². The zero-order valence-corrected chi connectivity index (χ0v) is 18.9. The summed E-state index contributed by atoms with van der Waals surface area (Å²) < 4.78 is 6.14. The molecule has 0 bridgehead atoms. The van der Waals surface area contributed by atoms with E-state index in [1.54, 1.807) is 0 Å². The molecule has 28 heavy (non-hydrogen) atoms. The second-order valence-electron chi connectivity index (χ2n) is 8.75. The van der Waals surface area contributed by atoms with Crippen LogP contribution in [0.15, 0.2) is 29.2 Å². The molecule has 2 fully saturated rings. The van der Waals surface area contributed by atoms with E-state index >= 15 is 0 Å². The van der Waals surface area contributed by atoms with Crippen LogP contribution in [0.4, 0.5) is 0 Å². The summed E-state index contributed by atoms with van der Waals surface area (Å²) in [6, 6.07) is 9.03. The van der Waals surface area contributed by atoms with Gasteiger partial charge in [-0.15, -0.1) is 11.8 Å². The van der Waals surface area contributed by atoms with Gasteiger partial charge in [0.2, 0.25) is 0 Å². The van der Waals surface area contributed by atoms with Gasteiger partial charge in [0, 0.05) is 70.4 Å². The first-order valence-corrected chi connectivity index (χ1v) is 12.3. The summed E-state index contributed by atoms with van der Waals surface area (Å²) in [5.74, 6) is 0.757. The van der Waals surface area contributed by atoms with E-state index in [0.29, 0.717) is 6.10 Å². The zero-order chi connectivity index (χ0) is 19.8. The van der Waals surface area contributed by atoms with Crippen LogP contribution in [0.5, 0.6) is 0 Å². The van der Waals surface area contributed by atoms with Crippen LogP contribution >= 0.6 is 11.8 Å². The molecule has 5 heteroatoms. The van der Waals surface area contributed by atoms with E-state index in [1.165, 1.54) is 62.7 Å². The number of likely N-dealkylation sites (tertiary alicyclic amines) is 1. The Bertz CT molecular complexity index is 557. The van der Waals surface area contributed by atoms with Gasteiger partial charge < -0.3 is 14.5 Å². The minimum Gasteiger partial charge on any atom is -0.377 e. The van der Waals surface area contributed by atoms with Gasteiger partial charge in [-0.1, -0.05) is 26.0 Å². The molecule has 2 saturated heterocycles. The van der Waals surface area contributed by atoms with Crippen LogP contribution in [0, 0.1) is 5.92 Å². The normalized spacial score (nSPS) is 22.4. The van der Waals surface area contributed by atoms with Crippen LogP contribution in [0.25, 0.3) is 0 Å². The molecule has 158 valence electrons. The Labute approximate surface area is 176 Å². The number of nitrogens with zero attached hydrogens (tertiary/aromatic N) is 3. The van der Waals surface area contributed by atoms with Gasteiger partial charge in [-0.2, -0.15) is 0 Å². The molecule has 0 unspecified atom stereocenters. The van der Waals surface area contributed by atoms with E-state index in [9.17, 15) is 0 Å². The first-order valence-electron chi connectivity index (χ1n) is 11.0. The lowest BCUT2D eigenvalue weighted by atomic mass is 10.2. The number of hydrogen-bond acceptors (Lipinski definition) is 5. The number of thioether (sulfide) groups is 1. The molecule has 0 aliphatic carbocycles. The fraction of sp³-hybridized carbons (Fsp3) is 0.739. The quantitative estimate of drug-likeness (QED) is 0.436. The monoisotopic (exact) mass is 405 g/mol. The van der Waals surface area contributed by atoms with E-state index in [2.05, 4.69) is 59.1 Å². The summed E-state index contributed by atoms with van der Waals surface area (Å²) in [6.45, 7) is 16.1. The van der Waals surface area contributed by atoms with Crippen molar-refractivity contribution in [3.05, 3.63) is 29.8 Å². The molecule has 2 aliphatic rings. The maximum Gasteiger partial charge on any atom is 0.0714 e. The number of rotatable bonds is 10. The molecule has 0 spiro atoms. The lowest BCUT2D eigenvalue weighted by Crippen LogP contribution is -2.46. The molecule has 0 amide bonds. The lowest BCUT2D eigenvalue weighted by Gasteiger charge is -2.34. The van der Waals surface area contributed by atoms with E-state index in [4.69, 9.17) is 4.74 Å². The van der Waals surface area contributed by atoms with Crippen LogP contribution in [0.2, 0.25) is 0 Å². The SMILES string of the molecule is CSc1ccc(CN2CCN(CCCO[C@@H]3CCN(CC(C)C)C3)CC2)cc1. The van der Waals surface area contributed by atoms with Gasteiger partial charge in [-0.25, -0.2) is 0 Å². The number of hydrogen-bond donors (Lipinski definition) is 0. The lowest BCUT2D eigenvalue weighted by molar-refractivity contribution is 0.0469. The molecule has 0 aromatic heterocycles. The molecule has 3 rings (SSSR count). The molecule has 2 heterocycles. The average Bonchev–Trinajstić information content (AvgIpc) is 3.13. The molecule has 0 saturated carbocycles. The van der Waals surface area contributed by atoms with Gasteiger partial charge in [0.1, 0.15) is 0 Å². The van der Waals surface area contributed by atoms with Crippen LogP contribution in [-0.2, 0) is 11.3 Å². The fourth-order valence-electron chi connectivity index (χ4n) is 4.31. The van der Waals surface area contributed by atoms with Crippen LogP contribution in [0.3, 0.4) is 0 Å². The van der Waals surface area contributed by atoms with Gasteiger partial charge in [-0.3, -0.25) is 4.90 Å². The Balaban J connectivity index is 1.25. The smallest absolute Gasteiger partial charge is 0.0714 e. The molecular formula is C23H39N3OS. The van der Waals surface area contributed by atoms with Crippen molar-refractivity contribution in [3.63, 3.8) is 0 Å². The van der Waals surface area contributed by atoms with Crippen molar-refractivity contribution < 1.29 is 4.74 Å². The zero-order valence-electron chi connectivity index (χ0n) is 18.1. The van der Waals surface area contributed by atoms with Crippen molar-refractivity contribution >= 4 is 11.8 Å². The Morgan fingerprint density at radius 3 is 2.39 bits per heavy atom. The van der Waals surface area contributed by atoms with E-state index in [1.807, 2.05) is 11.8 Å². The highest BCUT2D eigenvalue weighted by Gasteiger charge is 2.23. The number of piperazine rings is 1. The molecule has 1 aromatic carbocycles. The molecule has 2 aliphatic heterocycles. The predicted molar refractivity (Wildman–Crippen MR) is 120 cm³/mol. The molecule has 0 N–H and O–H groups in total. The minimum atomic E-state index is 0.466. The molecule has 1 aromatic rings. The molecule has 1 atom stereocenters. The fourth-order valence-corrected chi connectivity index (χ4v) is 4.72. The first-order chi connectivity index (χ1) is 13.6. The highest BCUT2D eigenvalue weighted by molar-refractivity contribution is 7.98. The van der Waals surface area contributed by atoms with Gasteiger partial charge in [0.15, 0.2) is 0 Å². The Kier molecular flexibility index (Phi) is 9.12. The Hall–Kier alpha value is -0.590. The number of benzene rings is 1. The highest BCUT2D eigenvalue weighted by atomic mass is 32.2. The third kappa shape index (κ3) is 7.34. The van der Waals surface area contributed by atoms with Crippen LogP contribution in [-0.4, -0.2) is 86.0 Å². The van der Waals surface area contributed by atoms with Gasteiger partial charge in [0.25, 0.3) is 0 Å². The van der Waals surface area contributed by atoms with Gasteiger partial charge in [-0.05, 0) is 42.7 Å². The first kappa shape index (κ1) is 22.1. The predicted octanol–water partition coefficient (Wildman–Crippen LogP) is 3.66. The minimum absolute atomic E-state index is 0.466. The van der Waals surface area contributed by atoms with Crippen molar-refractivity contribution in [2.24, 2.45) is 5.92 Å². The summed E-state index contributed by atoms with van der Waals surface area (Å²) in [7, 11) is 0. The topological polar surface area (TPSA) is 19.0 Å². The average molecular weight is 406 g/mol. The Morgan fingerprint density at radius 2 is 1.71 bits per heavy atom. The summed E-state index contributed by atoms with van der Waals surface area (Å²) in [6.07, 6.45) is 4.97. The van der Waals surface area contributed by atoms with Crippen molar-refractivity contribution in [3.8, 4) is 0 Å². The third-order valence-electron chi connectivity index (χ3n) is 5.85. The van der Waals surface area contributed by atoms with Crippen molar-refractivity contribution in [1.29, 1.82) is 0 Å². The van der Waals surface area contributed by atoms with E-state index in [-0.39, 0.29) is 0 Å². The molecular weight excluding hydrogens is 366 g/mol. The second-order valence-corrected chi connectivity index (χ2v) is 9.63. The maximum absolute atomic E-state index is 6.14. The van der Waals surface area contributed by atoms with Gasteiger partial charge >= 0.3 is 0 Å². The molecule has 4 nitrogen and oxygen atoms in total. The van der Waals surface area contributed by atoms with Crippen LogP contribution in [0.1, 0.15) is 32.3 Å². The summed E-state index contributed by atoms with van der Waals surface area (Å²) >= 11 is 1.81. The largest absolute Gasteiger partial charge is 0.377 e.